The van der Waals surface area contributed by atoms with E-state index in [1.54, 1.807) is 0 Å². The van der Waals surface area contributed by atoms with Crippen molar-refractivity contribution in [2.24, 2.45) is 5.41 Å². The summed E-state index contributed by atoms with van der Waals surface area (Å²) in [5, 5.41) is 2.55. The van der Waals surface area contributed by atoms with Crippen molar-refractivity contribution in [1.82, 2.24) is 5.32 Å². The molecule has 0 aliphatic carbocycles. The molecular weight excluding hydrogens is 318 g/mol. The summed E-state index contributed by atoms with van der Waals surface area (Å²) in [6, 6.07) is 9.25. The van der Waals surface area contributed by atoms with Gasteiger partial charge >= 0.3 is 6.09 Å². The molecule has 1 heterocycles. The zero-order valence-corrected chi connectivity index (χ0v) is 12.8. The minimum Gasteiger partial charge on any atom is -0.445 e. The van der Waals surface area contributed by atoms with Gasteiger partial charge in [-0.25, -0.2) is 13.2 Å². The minimum atomic E-state index is -3.65. The van der Waals surface area contributed by atoms with Gasteiger partial charge in [-0.1, -0.05) is 30.3 Å². The van der Waals surface area contributed by atoms with Gasteiger partial charge in [0.2, 0.25) is 9.05 Å². The van der Waals surface area contributed by atoms with Gasteiger partial charge in [-0.2, -0.15) is 0 Å². The molecule has 8 heteroatoms. The molecule has 0 radical (unpaired) electrons. The SMILES string of the molecule is O=C(NCC1(CS(=O)(=O)Cl)COC1)OCc1ccccc1. The summed E-state index contributed by atoms with van der Waals surface area (Å²) in [5.41, 5.74) is 0.212. The number of hydrogen-bond acceptors (Lipinski definition) is 5. The van der Waals surface area contributed by atoms with Crippen molar-refractivity contribution >= 4 is 25.8 Å². The van der Waals surface area contributed by atoms with Crippen LogP contribution in [-0.2, 0) is 25.1 Å². The Labute approximate surface area is 127 Å². The zero-order valence-electron chi connectivity index (χ0n) is 11.2. The predicted octanol–water partition coefficient (Wildman–Crippen LogP) is 1.50. The molecular formula is C13H16ClNO5S. The summed E-state index contributed by atoms with van der Waals surface area (Å²) < 4.78 is 32.4. The molecule has 116 valence electrons. The summed E-state index contributed by atoms with van der Waals surface area (Å²) in [5.74, 6) is -0.236. The van der Waals surface area contributed by atoms with Gasteiger partial charge in [0.1, 0.15) is 6.61 Å². The normalized spacial score (nSPS) is 16.8. The highest BCUT2D eigenvalue weighted by atomic mass is 35.7. The molecule has 1 aliphatic rings. The average molecular weight is 334 g/mol. The van der Waals surface area contributed by atoms with E-state index in [2.05, 4.69) is 5.32 Å². The van der Waals surface area contributed by atoms with E-state index in [-0.39, 0.29) is 32.1 Å². The molecule has 1 N–H and O–H groups in total. The topological polar surface area (TPSA) is 81.7 Å². The van der Waals surface area contributed by atoms with Crippen LogP contribution in [0.15, 0.2) is 30.3 Å². The van der Waals surface area contributed by atoms with E-state index in [1.807, 2.05) is 30.3 Å². The van der Waals surface area contributed by atoms with Crippen molar-refractivity contribution in [3.8, 4) is 0 Å². The highest BCUT2D eigenvalue weighted by molar-refractivity contribution is 8.13. The highest BCUT2D eigenvalue weighted by Crippen LogP contribution is 2.29. The van der Waals surface area contributed by atoms with Crippen LogP contribution in [-0.4, -0.2) is 40.0 Å². The summed E-state index contributed by atoms with van der Waals surface area (Å²) >= 11 is 0. The molecule has 21 heavy (non-hydrogen) atoms. The third kappa shape index (κ3) is 5.18. The number of hydrogen-bond donors (Lipinski definition) is 1. The fraction of sp³-hybridized carbons (Fsp3) is 0.462. The molecule has 0 bridgehead atoms. The lowest BCUT2D eigenvalue weighted by atomic mass is 9.88. The molecule has 1 saturated heterocycles. The van der Waals surface area contributed by atoms with Crippen molar-refractivity contribution in [1.29, 1.82) is 0 Å². The molecule has 0 saturated carbocycles. The first-order valence-electron chi connectivity index (χ1n) is 6.33. The van der Waals surface area contributed by atoms with Crippen LogP contribution in [0.1, 0.15) is 5.56 Å². The first kappa shape index (κ1) is 16.1. The quantitative estimate of drug-likeness (QED) is 0.798. The molecule has 0 unspecified atom stereocenters. The van der Waals surface area contributed by atoms with Gasteiger partial charge in [-0.3, -0.25) is 0 Å². The Morgan fingerprint density at radius 2 is 2.00 bits per heavy atom. The van der Waals surface area contributed by atoms with Crippen LogP contribution >= 0.6 is 10.7 Å². The van der Waals surface area contributed by atoms with Crippen molar-refractivity contribution in [3.63, 3.8) is 0 Å². The monoisotopic (exact) mass is 333 g/mol. The maximum atomic E-state index is 11.6. The van der Waals surface area contributed by atoms with E-state index >= 15 is 0 Å². The Hall–Kier alpha value is -1.31. The number of rotatable bonds is 6. The molecule has 0 aromatic heterocycles. The molecule has 0 atom stereocenters. The first-order valence-corrected chi connectivity index (χ1v) is 8.81. The van der Waals surface area contributed by atoms with Crippen LogP contribution in [0.4, 0.5) is 4.79 Å². The fourth-order valence-corrected chi connectivity index (χ4v) is 3.72. The van der Waals surface area contributed by atoms with Crippen LogP contribution in [0.2, 0.25) is 0 Å². The van der Waals surface area contributed by atoms with E-state index in [4.69, 9.17) is 20.2 Å². The minimum absolute atomic E-state index is 0.145. The number of halogens is 1. The number of nitrogens with one attached hydrogen (secondary N) is 1. The van der Waals surface area contributed by atoms with Crippen molar-refractivity contribution in [3.05, 3.63) is 35.9 Å². The van der Waals surface area contributed by atoms with Gasteiger partial charge in [0.25, 0.3) is 0 Å². The summed E-state index contributed by atoms with van der Waals surface area (Å²) in [4.78, 5) is 11.6. The Balaban J connectivity index is 1.78. The smallest absolute Gasteiger partial charge is 0.407 e. The maximum absolute atomic E-state index is 11.6. The number of carbonyl (C=O) groups excluding carboxylic acids is 1. The lowest BCUT2D eigenvalue weighted by Crippen LogP contribution is -2.54. The molecule has 1 amide bonds. The second-order valence-corrected chi connectivity index (χ2v) is 7.87. The Morgan fingerprint density at radius 3 is 2.52 bits per heavy atom. The number of carbonyl (C=O) groups is 1. The number of benzene rings is 1. The third-order valence-corrected chi connectivity index (χ3v) is 4.40. The van der Waals surface area contributed by atoms with E-state index in [1.165, 1.54) is 0 Å². The largest absolute Gasteiger partial charge is 0.445 e. The van der Waals surface area contributed by atoms with Gasteiger partial charge in [-0.15, -0.1) is 0 Å². The molecule has 1 fully saturated rings. The van der Waals surface area contributed by atoms with Gasteiger partial charge in [0, 0.05) is 22.6 Å². The molecule has 1 aromatic carbocycles. The van der Waals surface area contributed by atoms with Gasteiger partial charge in [0.15, 0.2) is 0 Å². The fourth-order valence-electron chi connectivity index (χ4n) is 2.03. The Morgan fingerprint density at radius 1 is 1.33 bits per heavy atom. The molecule has 2 rings (SSSR count). The first-order chi connectivity index (χ1) is 9.89. The Bertz CT molecular complexity index is 586. The van der Waals surface area contributed by atoms with Crippen molar-refractivity contribution in [2.75, 3.05) is 25.5 Å². The number of alkyl carbamates (subject to hydrolysis) is 1. The van der Waals surface area contributed by atoms with E-state index in [0.717, 1.165) is 5.56 Å². The maximum Gasteiger partial charge on any atom is 0.407 e. The van der Waals surface area contributed by atoms with Crippen LogP contribution in [0.25, 0.3) is 0 Å². The van der Waals surface area contributed by atoms with Crippen LogP contribution in [0.3, 0.4) is 0 Å². The van der Waals surface area contributed by atoms with Crippen molar-refractivity contribution in [2.45, 2.75) is 6.61 Å². The number of amides is 1. The van der Waals surface area contributed by atoms with Gasteiger partial charge < -0.3 is 14.8 Å². The molecule has 1 aromatic rings. The predicted molar refractivity (Wildman–Crippen MR) is 77.5 cm³/mol. The van der Waals surface area contributed by atoms with Crippen LogP contribution in [0.5, 0.6) is 0 Å². The van der Waals surface area contributed by atoms with Crippen LogP contribution in [0, 0.1) is 5.41 Å². The molecule has 0 spiro atoms. The highest BCUT2D eigenvalue weighted by Gasteiger charge is 2.42. The second kappa shape index (κ2) is 6.64. The molecule has 6 nitrogen and oxygen atoms in total. The summed E-state index contributed by atoms with van der Waals surface area (Å²) in [6.45, 7) is 0.798. The van der Waals surface area contributed by atoms with E-state index < -0.39 is 20.6 Å². The third-order valence-electron chi connectivity index (χ3n) is 3.12. The standard InChI is InChI=1S/C13H16ClNO5S/c14-21(17,18)10-13(8-19-9-13)7-15-12(16)20-6-11-4-2-1-3-5-11/h1-5H,6-10H2,(H,15,16). The van der Waals surface area contributed by atoms with Crippen LogP contribution < -0.4 is 5.32 Å². The van der Waals surface area contributed by atoms with E-state index in [0.29, 0.717) is 0 Å². The summed E-state index contributed by atoms with van der Waals surface area (Å²) in [7, 11) is 1.61. The number of ether oxygens (including phenoxy) is 2. The average Bonchev–Trinajstić information content (AvgIpc) is 2.39. The molecule has 1 aliphatic heterocycles. The summed E-state index contributed by atoms with van der Waals surface area (Å²) in [6.07, 6.45) is -0.600. The lowest BCUT2D eigenvalue weighted by Gasteiger charge is -2.40. The Kier molecular flexibility index (Phi) is 5.08. The van der Waals surface area contributed by atoms with Gasteiger partial charge in [-0.05, 0) is 5.56 Å². The van der Waals surface area contributed by atoms with Crippen molar-refractivity contribution < 1.29 is 22.7 Å². The van der Waals surface area contributed by atoms with E-state index in [9.17, 15) is 13.2 Å². The van der Waals surface area contributed by atoms with Gasteiger partial charge in [0.05, 0.1) is 19.0 Å². The zero-order chi connectivity index (χ0) is 15.3. The second-order valence-electron chi connectivity index (χ2n) is 5.09. The lowest BCUT2D eigenvalue weighted by molar-refractivity contribution is -0.0958.